The molecule has 16 heavy (non-hydrogen) atoms. The van der Waals surface area contributed by atoms with Crippen molar-refractivity contribution in [2.45, 2.75) is 44.1 Å². The predicted molar refractivity (Wildman–Crippen MR) is 63.1 cm³/mol. The standard InChI is InChI=1S/C13H19N3/c1-4-13(5-2-8-16(13)7-1)6-3-12-9-14-11-15-10-12/h9-11H,1-8H2. The number of hydrogen-bond acceptors (Lipinski definition) is 3. The average molecular weight is 217 g/mol. The first-order valence-corrected chi connectivity index (χ1v) is 6.38. The Morgan fingerprint density at radius 1 is 1.12 bits per heavy atom. The summed E-state index contributed by atoms with van der Waals surface area (Å²) in [6.07, 6.45) is 13.5. The maximum absolute atomic E-state index is 4.09. The third kappa shape index (κ3) is 1.73. The SMILES string of the molecule is c1ncc(CCC23CCCN2CCC3)cn1. The van der Waals surface area contributed by atoms with Gasteiger partial charge < -0.3 is 0 Å². The van der Waals surface area contributed by atoms with Gasteiger partial charge in [0.15, 0.2) is 0 Å². The normalized spacial score (nSPS) is 23.5. The lowest BCUT2D eigenvalue weighted by Crippen LogP contribution is -2.38. The summed E-state index contributed by atoms with van der Waals surface area (Å²) in [7, 11) is 0. The smallest absolute Gasteiger partial charge is 0.115 e. The number of hydrogen-bond donors (Lipinski definition) is 0. The zero-order valence-corrected chi connectivity index (χ0v) is 9.73. The van der Waals surface area contributed by atoms with E-state index in [-0.39, 0.29) is 0 Å². The largest absolute Gasteiger partial charge is 0.298 e. The van der Waals surface area contributed by atoms with E-state index in [4.69, 9.17) is 0 Å². The van der Waals surface area contributed by atoms with Crippen molar-refractivity contribution < 1.29 is 0 Å². The van der Waals surface area contributed by atoms with Gasteiger partial charge in [0.2, 0.25) is 0 Å². The van der Waals surface area contributed by atoms with E-state index in [1.165, 1.54) is 50.8 Å². The topological polar surface area (TPSA) is 29.0 Å². The van der Waals surface area contributed by atoms with Crippen molar-refractivity contribution in [3.05, 3.63) is 24.3 Å². The highest BCUT2D eigenvalue weighted by atomic mass is 15.2. The fraction of sp³-hybridized carbons (Fsp3) is 0.692. The van der Waals surface area contributed by atoms with Crippen LogP contribution in [-0.2, 0) is 6.42 Å². The van der Waals surface area contributed by atoms with Crippen molar-refractivity contribution in [3.8, 4) is 0 Å². The van der Waals surface area contributed by atoms with Gasteiger partial charge in [0.05, 0.1) is 0 Å². The van der Waals surface area contributed by atoms with Crippen LogP contribution < -0.4 is 0 Å². The van der Waals surface area contributed by atoms with Gasteiger partial charge in [0.1, 0.15) is 6.33 Å². The monoisotopic (exact) mass is 217 g/mol. The molecular formula is C13H19N3. The first-order chi connectivity index (χ1) is 7.89. The second kappa shape index (κ2) is 4.13. The minimum Gasteiger partial charge on any atom is -0.298 e. The molecule has 0 saturated carbocycles. The fourth-order valence-corrected chi connectivity index (χ4v) is 3.47. The van der Waals surface area contributed by atoms with Crippen molar-refractivity contribution in [3.63, 3.8) is 0 Å². The van der Waals surface area contributed by atoms with Gasteiger partial charge in [0.25, 0.3) is 0 Å². The second-order valence-corrected chi connectivity index (χ2v) is 5.17. The highest BCUT2D eigenvalue weighted by molar-refractivity contribution is 5.07. The lowest BCUT2D eigenvalue weighted by molar-refractivity contribution is 0.182. The van der Waals surface area contributed by atoms with Crippen molar-refractivity contribution in [1.82, 2.24) is 14.9 Å². The van der Waals surface area contributed by atoms with Crippen molar-refractivity contribution in [2.75, 3.05) is 13.1 Å². The summed E-state index contributed by atoms with van der Waals surface area (Å²) in [6.45, 7) is 2.65. The molecule has 0 aromatic carbocycles. The quantitative estimate of drug-likeness (QED) is 0.776. The Balaban J connectivity index is 1.66. The summed E-state index contributed by atoms with van der Waals surface area (Å²) in [6, 6.07) is 0. The highest BCUT2D eigenvalue weighted by Gasteiger charge is 2.43. The van der Waals surface area contributed by atoms with Crippen LogP contribution in [0.15, 0.2) is 18.7 Å². The molecule has 0 aliphatic carbocycles. The van der Waals surface area contributed by atoms with E-state index in [2.05, 4.69) is 14.9 Å². The number of aromatic nitrogens is 2. The van der Waals surface area contributed by atoms with Crippen LogP contribution in [0.3, 0.4) is 0 Å². The van der Waals surface area contributed by atoms with Crippen molar-refractivity contribution in [2.24, 2.45) is 0 Å². The molecule has 3 nitrogen and oxygen atoms in total. The molecule has 0 N–H and O–H groups in total. The molecule has 2 aliphatic heterocycles. The molecule has 0 atom stereocenters. The van der Waals surface area contributed by atoms with Crippen LogP contribution in [0.25, 0.3) is 0 Å². The van der Waals surface area contributed by atoms with Crippen LogP contribution in [-0.4, -0.2) is 33.5 Å². The fourth-order valence-electron chi connectivity index (χ4n) is 3.47. The Labute approximate surface area is 96.9 Å². The minimum absolute atomic E-state index is 0.538. The van der Waals surface area contributed by atoms with E-state index in [1.54, 1.807) is 6.33 Å². The molecule has 2 saturated heterocycles. The molecule has 3 heteroatoms. The highest BCUT2D eigenvalue weighted by Crippen LogP contribution is 2.41. The Hall–Kier alpha value is -0.960. The Morgan fingerprint density at radius 3 is 2.50 bits per heavy atom. The summed E-state index contributed by atoms with van der Waals surface area (Å²) in [5.74, 6) is 0. The lowest BCUT2D eigenvalue weighted by Gasteiger charge is -2.32. The second-order valence-electron chi connectivity index (χ2n) is 5.17. The average Bonchev–Trinajstić information content (AvgIpc) is 2.87. The molecule has 0 spiro atoms. The molecule has 86 valence electrons. The van der Waals surface area contributed by atoms with E-state index < -0.39 is 0 Å². The first kappa shape index (κ1) is 10.2. The minimum atomic E-state index is 0.538. The summed E-state index contributed by atoms with van der Waals surface area (Å²) in [5, 5.41) is 0. The molecule has 2 fully saturated rings. The summed E-state index contributed by atoms with van der Waals surface area (Å²) in [5.41, 5.74) is 1.83. The maximum Gasteiger partial charge on any atom is 0.115 e. The van der Waals surface area contributed by atoms with Crippen LogP contribution in [0.2, 0.25) is 0 Å². The van der Waals surface area contributed by atoms with Crippen molar-refractivity contribution in [1.29, 1.82) is 0 Å². The van der Waals surface area contributed by atoms with Gasteiger partial charge in [-0.2, -0.15) is 0 Å². The van der Waals surface area contributed by atoms with Gasteiger partial charge in [-0.25, -0.2) is 9.97 Å². The third-order valence-corrected chi connectivity index (χ3v) is 4.30. The molecule has 0 bridgehead atoms. The van der Waals surface area contributed by atoms with E-state index in [9.17, 15) is 0 Å². The van der Waals surface area contributed by atoms with Gasteiger partial charge in [-0.1, -0.05) is 0 Å². The van der Waals surface area contributed by atoms with Crippen LogP contribution in [0.5, 0.6) is 0 Å². The summed E-state index contributed by atoms with van der Waals surface area (Å²) >= 11 is 0. The molecule has 3 heterocycles. The maximum atomic E-state index is 4.09. The van der Waals surface area contributed by atoms with E-state index >= 15 is 0 Å². The van der Waals surface area contributed by atoms with Gasteiger partial charge in [-0.05, 0) is 57.2 Å². The number of aryl methyl sites for hydroxylation is 1. The molecule has 0 amide bonds. The molecule has 1 aromatic heterocycles. The first-order valence-electron chi connectivity index (χ1n) is 6.38. The Bertz CT molecular complexity index is 339. The summed E-state index contributed by atoms with van der Waals surface area (Å²) < 4.78 is 0. The Morgan fingerprint density at radius 2 is 1.81 bits per heavy atom. The molecule has 2 aliphatic rings. The predicted octanol–water partition coefficient (Wildman–Crippen LogP) is 2.04. The van der Waals surface area contributed by atoms with Crippen molar-refractivity contribution >= 4 is 0 Å². The number of rotatable bonds is 3. The number of nitrogens with zero attached hydrogens (tertiary/aromatic N) is 3. The van der Waals surface area contributed by atoms with Gasteiger partial charge in [0, 0.05) is 17.9 Å². The molecule has 1 aromatic rings. The Kier molecular flexibility index (Phi) is 2.64. The zero-order chi connectivity index (χ0) is 10.8. The molecule has 0 unspecified atom stereocenters. The zero-order valence-electron chi connectivity index (χ0n) is 9.73. The van der Waals surface area contributed by atoms with E-state index in [0.717, 1.165) is 6.42 Å². The van der Waals surface area contributed by atoms with E-state index in [0.29, 0.717) is 5.54 Å². The van der Waals surface area contributed by atoms with E-state index in [1.807, 2.05) is 12.4 Å². The van der Waals surface area contributed by atoms with Gasteiger partial charge >= 0.3 is 0 Å². The van der Waals surface area contributed by atoms with Crippen LogP contribution in [0.4, 0.5) is 0 Å². The van der Waals surface area contributed by atoms with Crippen LogP contribution in [0, 0.1) is 0 Å². The summed E-state index contributed by atoms with van der Waals surface area (Å²) in [4.78, 5) is 10.9. The van der Waals surface area contributed by atoms with Gasteiger partial charge in [-0.3, -0.25) is 4.90 Å². The number of fused-ring (bicyclic) bond motifs is 1. The third-order valence-electron chi connectivity index (χ3n) is 4.30. The van der Waals surface area contributed by atoms with Crippen LogP contribution in [0.1, 0.15) is 37.7 Å². The lowest BCUT2D eigenvalue weighted by atomic mass is 9.88. The molecular weight excluding hydrogens is 198 g/mol. The van der Waals surface area contributed by atoms with Gasteiger partial charge in [-0.15, -0.1) is 0 Å². The van der Waals surface area contributed by atoms with Crippen LogP contribution >= 0.6 is 0 Å². The molecule has 3 rings (SSSR count). The molecule has 0 radical (unpaired) electrons.